The summed E-state index contributed by atoms with van der Waals surface area (Å²) in [5.41, 5.74) is 3.48. The third-order valence-electron chi connectivity index (χ3n) is 3.52. The molecule has 1 heterocycles. The van der Waals surface area contributed by atoms with Gasteiger partial charge in [-0.05, 0) is 47.9 Å². The number of likely N-dealkylation sites (N-methyl/N-ethyl adjacent to an activating group) is 1. The Morgan fingerprint density at radius 1 is 1.25 bits per heavy atom. The zero-order valence-electron chi connectivity index (χ0n) is 11.2. The molecule has 20 heavy (non-hydrogen) atoms. The Morgan fingerprint density at radius 2 is 2.10 bits per heavy atom. The zero-order valence-corrected chi connectivity index (χ0v) is 13.5. The average Bonchev–Trinajstić information content (AvgIpc) is 2.43. The van der Waals surface area contributed by atoms with Crippen molar-refractivity contribution in [1.29, 1.82) is 0 Å². The van der Waals surface area contributed by atoms with Crippen molar-refractivity contribution >= 4 is 33.2 Å². The lowest BCUT2D eigenvalue weighted by Gasteiger charge is -2.28. The van der Waals surface area contributed by atoms with Gasteiger partial charge in [-0.25, -0.2) is 0 Å². The van der Waals surface area contributed by atoms with Crippen LogP contribution < -0.4 is 9.64 Å². The highest BCUT2D eigenvalue weighted by molar-refractivity contribution is 9.10. The number of nitrogens with zero attached hydrogens (tertiary/aromatic N) is 1. The number of hydrogen-bond donors (Lipinski definition) is 0. The van der Waals surface area contributed by atoms with E-state index in [1.54, 1.807) is 0 Å². The van der Waals surface area contributed by atoms with Gasteiger partial charge in [0.05, 0.1) is 12.2 Å². The molecule has 0 unspecified atom stereocenters. The molecule has 0 saturated carbocycles. The SMILES string of the molecule is CN1CCOc2cc(Cc3cc(Br)ccc3Cl)ccc21. The van der Waals surface area contributed by atoms with Crippen LogP contribution in [0.25, 0.3) is 0 Å². The zero-order chi connectivity index (χ0) is 14.1. The maximum absolute atomic E-state index is 6.25. The van der Waals surface area contributed by atoms with E-state index in [4.69, 9.17) is 16.3 Å². The first-order chi connectivity index (χ1) is 9.63. The maximum atomic E-state index is 6.25. The van der Waals surface area contributed by atoms with Crippen LogP contribution in [-0.2, 0) is 6.42 Å². The normalized spacial score (nSPS) is 13.8. The molecule has 1 aliphatic heterocycles. The van der Waals surface area contributed by atoms with E-state index in [2.05, 4.69) is 52.1 Å². The van der Waals surface area contributed by atoms with E-state index in [1.807, 2.05) is 12.1 Å². The van der Waals surface area contributed by atoms with Crippen LogP contribution in [0.2, 0.25) is 5.02 Å². The summed E-state index contributed by atoms with van der Waals surface area (Å²) in [7, 11) is 2.09. The van der Waals surface area contributed by atoms with Gasteiger partial charge in [-0.1, -0.05) is 33.6 Å². The van der Waals surface area contributed by atoms with Crippen molar-refractivity contribution in [3.63, 3.8) is 0 Å². The second-order valence-corrected chi connectivity index (χ2v) is 6.31. The van der Waals surface area contributed by atoms with Gasteiger partial charge in [0.15, 0.2) is 0 Å². The molecule has 3 rings (SSSR count). The van der Waals surface area contributed by atoms with Crippen molar-refractivity contribution in [2.75, 3.05) is 25.1 Å². The Balaban J connectivity index is 1.90. The van der Waals surface area contributed by atoms with Crippen LogP contribution in [-0.4, -0.2) is 20.2 Å². The largest absolute Gasteiger partial charge is 0.490 e. The van der Waals surface area contributed by atoms with E-state index in [9.17, 15) is 0 Å². The van der Waals surface area contributed by atoms with Gasteiger partial charge in [0, 0.05) is 16.5 Å². The molecular weight excluding hydrogens is 338 g/mol. The number of fused-ring (bicyclic) bond motifs is 1. The van der Waals surface area contributed by atoms with E-state index in [-0.39, 0.29) is 0 Å². The second kappa shape index (κ2) is 5.66. The fourth-order valence-corrected chi connectivity index (χ4v) is 3.00. The minimum atomic E-state index is 0.741. The smallest absolute Gasteiger partial charge is 0.142 e. The van der Waals surface area contributed by atoms with Crippen molar-refractivity contribution < 1.29 is 4.74 Å². The molecule has 0 atom stereocenters. The van der Waals surface area contributed by atoms with Gasteiger partial charge < -0.3 is 9.64 Å². The van der Waals surface area contributed by atoms with Gasteiger partial charge in [-0.2, -0.15) is 0 Å². The highest BCUT2D eigenvalue weighted by Gasteiger charge is 2.15. The van der Waals surface area contributed by atoms with E-state index in [0.717, 1.165) is 46.1 Å². The molecular formula is C16H15BrClNO. The van der Waals surface area contributed by atoms with E-state index >= 15 is 0 Å². The molecule has 0 N–H and O–H groups in total. The Kier molecular flexibility index (Phi) is 3.90. The number of hydrogen-bond acceptors (Lipinski definition) is 2. The molecule has 2 aromatic rings. The van der Waals surface area contributed by atoms with Crippen molar-refractivity contribution in [3.8, 4) is 5.75 Å². The molecule has 0 bridgehead atoms. The first-order valence-corrected chi connectivity index (χ1v) is 7.71. The lowest BCUT2D eigenvalue weighted by atomic mass is 10.0. The van der Waals surface area contributed by atoms with Gasteiger partial charge in [0.25, 0.3) is 0 Å². The average molecular weight is 353 g/mol. The minimum Gasteiger partial charge on any atom is -0.490 e. The number of ether oxygens (including phenoxy) is 1. The first kappa shape index (κ1) is 13.8. The molecule has 0 radical (unpaired) electrons. The molecule has 2 nitrogen and oxygen atoms in total. The molecule has 2 aromatic carbocycles. The van der Waals surface area contributed by atoms with Gasteiger partial charge in [-0.3, -0.25) is 0 Å². The van der Waals surface area contributed by atoms with Crippen LogP contribution in [0.3, 0.4) is 0 Å². The van der Waals surface area contributed by atoms with Crippen LogP contribution in [0, 0.1) is 0 Å². The van der Waals surface area contributed by atoms with Crippen molar-refractivity contribution in [2.45, 2.75) is 6.42 Å². The van der Waals surface area contributed by atoms with Gasteiger partial charge >= 0.3 is 0 Å². The van der Waals surface area contributed by atoms with Crippen molar-refractivity contribution in [3.05, 3.63) is 57.0 Å². The van der Waals surface area contributed by atoms with Gasteiger partial charge in [0.1, 0.15) is 12.4 Å². The van der Waals surface area contributed by atoms with Crippen LogP contribution in [0.5, 0.6) is 5.75 Å². The molecule has 0 aromatic heterocycles. The summed E-state index contributed by atoms with van der Waals surface area (Å²) in [6.07, 6.45) is 0.804. The molecule has 0 spiro atoms. The topological polar surface area (TPSA) is 12.5 Å². The molecule has 104 valence electrons. The molecule has 0 fully saturated rings. The molecule has 1 aliphatic rings. The number of rotatable bonds is 2. The number of benzene rings is 2. The predicted octanol–water partition coefficient (Wildman–Crippen LogP) is 4.52. The molecule has 0 amide bonds. The molecule has 0 aliphatic carbocycles. The summed E-state index contributed by atoms with van der Waals surface area (Å²) in [6.45, 7) is 1.68. The maximum Gasteiger partial charge on any atom is 0.142 e. The molecule has 0 saturated heterocycles. The highest BCUT2D eigenvalue weighted by atomic mass is 79.9. The minimum absolute atomic E-state index is 0.741. The molecule has 4 heteroatoms. The summed E-state index contributed by atoms with van der Waals surface area (Å²) in [6, 6.07) is 12.3. The summed E-state index contributed by atoms with van der Waals surface area (Å²) in [5.74, 6) is 0.961. The predicted molar refractivity (Wildman–Crippen MR) is 87.2 cm³/mol. The Morgan fingerprint density at radius 3 is 2.95 bits per heavy atom. The van der Waals surface area contributed by atoms with E-state index < -0.39 is 0 Å². The third kappa shape index (κ3) is 2.79. The van der Waals surface area contributed by atoms with Crippen molar-refractivity contribution in [1.82, 2.24) is 0 Å². The summed E-state index contributed by atoms with van der Waals surface area (Å²) in [4.78, 5) is 2.22. The quantitative estimate of drug-likeness (QED) is 0.788. The lowest BCUT2D eigenvalue weighted by molar-refractivity contribution is 0.311. The van der Waals surface area contributed by atoms with Crippen molar-refractivity contribution in [2.24, 2.45) is 0 Å². The third-order valence-corrected chi connectivity index (χ3v) is 4.38. The number of halogens is 2. The Hall–Kier alpha value is -1.19. The van der Waals surface area contributed by atoms with E-state index in [0.29, 0.717) is 0 Å². The lowest BCUT2D eigenvalue weighted by Crippen LogP contribution is -2.28. The Labute approximate surface area is 132 Å². The summed E-state index contributed by atoms with van der Waals surface area (Å²) < 4.78 is 6.79. The second-order valence-electron chi connectivity index (χ2n) is 4.98. The van der Waals surface area contributed by atoms with Crippen LogP contribution in [0.4, 0.5) is 5.69 Å². The number of anilines is 1. The fraction of sp³-hybridized carbons (Fsp3) is 0.250. The fourth-order valence-electron chi connectivity index (χ4n) is 2.41. The van der Waals surface area contributed by atoms with Gasteiger partial charge in [0.2, 0.25) is 0 Å². The standard InChI is InChI=1S/C16H15BrClNO/c1-19-6-7-20-16-9-11(2-5-15(16)19)8-12-10-13(17)3-4-14(12)18/h2-5,9-10H,6-8H2,1H3. The first-order valence-electron chi connectivity index (χ1n) is 6.54. The summed E-state index contributed by atoms with van der Waals surface area (Å²) >= 11 is 9.74. The Bertz CT molecular complexity index is 644. The van der Waals surface area contributed by atoms with Crippen LogP contribution in [0.1, 0.15) is 11.1 Å². The summed E-state index contributed by atoms with van der Waals surface area (Å²) in [5, 5.41) is 0.795. The van der Waals surface area contributed by atoms with Crippen LogP contribution in [0.15, 0.2) is 40.9 Å². The monoisotopic (exact) mass is 351 g/mol. The van der Waals surface area contributed by atoms with E-state index in [1.165, 1.54) is 5.56 Å². The van der Waals surface area contributed by atoms with Crippen LogP contribution >= 0.6 is 27.5 Å². The van der Waals surface area contributed by atoms with Gasteiger partial charge in [-0.15, -0.1) is 0 Å². The highest BCUT2D eigenvalue weighted by Crippen LogP contribution is 2.33.